The minimum absolute atomic E-state index is 0.0488. The molecule has 3 heteroatoms. The van der Waals surface area contributed by atoms with Gasteiger partial charge in [0.25, 0.3) is 0 Å². The summed E-state index contributed by atoms with van der Waals surface area (Å²) in [6.45, 7) is 11.7. The van der Waals surface area contributed by atoms with Gasteiger partial charge in [0.1, 0.15) is 5.78 Å². The van der Waals surface area contributed by atoms with Gasteiger partial charge in [-0.3, -0.25) is 4.79 Å². The van der Waals surface area contributed by atoms with E-state index in [0.29, 0.717) is 24.0 Å². The molecule has 3 saturated carbocycles. The molecule has 0 aromatic rings. The van der Waals surface area contributed by atoms with Crippen molar-refractivity contribution < 1.29 is 9.90 Å². The van der Waals surface area contributed by atoms with Crippen LogP contribution in [0.15, 0.2) is 23.4 Å². The molecular formula is C21H27NO2. The van der Waals surface area contributed by atoms with Gasteiger partial charge < -0.3 is 5.11 Å². The summed E-state index contributed by atoms with van der Waals surface area (Å²) in [7, 11) is 0. The van der Waals surface area contributed by atoms with E-state index in [1.165, 1.54) is 11.1 Å². The van der Waals surface area contributed by atoms with Crippen LogP contribution in [0.25, 0.3) is 4.85 Å². The van der Waals surface area contributed by atoms with Gasteiger partial charge in [0.2, 0.25) is 0 Å². The van der Waals surface area contributed by atoms with Crippen LogP contribution in [0.1, 0.15) is 58.8 Å². The van der Waals surface area contributed by atoms with Crippen molar-refractivity contribution in [2.75, 3.05) is 0 Å². The van der Waals surface area contributed by atoms with Crippen LogP contribution in [0.3, 0.4) is 0 Å². The van der Waals surface area contributed by atoms with E-state index in [1.807, 2.05) is 6.08 Å². The first-order chi connectivity index (χ1) is 11.4. The standard InChI is InChI=1S/C21H27NO2/c1-20-9-8-15(23)10-13(20)4-6-16-17-7-5-14(12-22-3)21(17,2)11-18(24)19(16)20/h10,12,15-17,19,23H,4-9,11H2,1-2H3/b14-12-/t15-,16+,17+,19-,20+,21-/m1/s1. The molecule has 0 aliphatic heterocycles. The third-order valence-corrected chi connectivity index (χ3v) is 7.85. The molecular weight excluding hydrogens is 298 g/mol. The van der Waals surface area contributed by atoms with Gasteiger partial charge in [-0.2, -0.15) is 0 Å². The highest BCUT2D eigenvalue weighted by Gasteiger charge is 2.60. The molecule has 128 valence electrons. The molecule has 4 aliphatic carbocycles. The van der Waals surface area contributed by atoms with Crippen LogP contribution in [-0.2, 0) is 4.79 Å². The molecule has 0 unspecified atom stereocenters. The van der Waals surface area contributed by atoms with E-state index in [1.54, 1.807) is 6.20 Å². The molecule has 0 heterocycles. The minimum atomic E-state index is -0.326. The Bertz CT molecular complexity index is 684. The Kier molecular flexibility index (Phi) is 3.55. The molecule has 4 aliphatic rings. The predicted octanol–water partition coefficient (Wildman–Crippen LogP) is 4.29. The Balaban J connectivity index is 1.74. The van der Waals surface area contributed by atoms with Crippen molar-refractivity contribution in [2.24, 2.45) is 28.6 Å². The second-order valence-corrected chi connectivity index (χ2v) is 8.88. The number of rotatable bonds is 0. The largest absolute Gasteiger partial charge is 0.389 e. The molecule has 0 amide bonds. The summed E-state index contributed by atoms with van der Waals surface area (Å²) in [5.74, 6) is 1.51. The van der Waals surface area contributed by atoms with Gasteiger partial charge in [-0.25, -0.2) is 4.85 Å². The maximum Gasteiger partial charge on any atom is 0.154 e. The van der Waals surface area contributed by atoms with Crippen LogP contribution in [0.2, 0.25) is 0 Å². The number of fused-ring (bicyclic) bond motifs is 5. The van der Waals surface area contributed by atoms with Crippen molar-refractivity contribution in [3.63, 3.8) is 0 Å². The molecule has 0 radical (unpaired) electrons. The van der Waals surface area contributed by atoms with Crippen LogP contribution in [0, 0.1) is 35.2 Å². The summed E-state index contributed by atoms with van der Waals surface area (Å²) < 4.78 is 0. The third kappa shape index (κ3) is 2.02. The molecule has 1 N–H and O–H groups in total. The molecule has 3 fully saturated rings. The van der Waals surface area contributed by atoms with Crippen molar-refractivity contribution in [2.45, 2.75) is 64.9 Å². The number of aliphatic hydroxyl groups is 1. The Morgan fingerprint density at radius 1 is 1.25 bits per heavy atom. The van der Waals surface area contributed by atoms with E-state index in [-0.39, 0.29) is 22.9 Å². The van der Waals surface area contributed by atoms with Crippen molar-refractivity contribution >= 4 is 5.78 Å². The zero-order chi connectivity index (χ0) is 17.1. The lowest BCUT2D eigenvalue weighted by molar-refractivity contribution is -0.142. The molecule has 6 atom stereocenters. The average molecular weight is 325 g/mol. The summed E-state index contributed by atoms with van der Waals surface area (Å²) in [6.07, 6.45) is 9.93. The molecule has 0 aromatic heterocycles. The molecule has 0 spiro atoms. The highest BCUT2D eigenvalue weighted by molar-refractivity contribution is 5.85. The second-order valence-electron chi connectivity index (χ2n) is 8.88. The van der Waals surface area contributed by atoms with Crippen LogP contribution in [0.4, 0.5) is 0 Å². The number of aliphatic hydroxyl groups excluding tert-OH is 1. The summed E-state index contributed by atoms with van der Waals surface area (Å²) in [5, 5.41) is 10.0. The lowest BCUT2D eigenvalue weighted by Gasteiger charge is -2.56. The highest BCUT2D eigenvalue weighted by Crippen LogP contribution is 2.65. The fraction of sp³-hybridized carbons (Fsp3) is 0.714. The summed E-state index contributed by atoms with van der Waals surface area (Å²) in [5.41, 5.74) is 2.40. The Labute approximate surface area is 144 Å². The first kappa shape index (κ1) is 16.1. The van der Waals surface area contributed by atoms with E-state index >= 15 is 0 Å². The van der Waals surface area contributed by atoms with Gasteiger partial charge >= 0.3 is 0 Å². The van der Waals surface area contributed by atoms with Gasteiger partial charge in [-0.1, -0.05) is 31.1 Å². The zero-order valence-electron chi connectivity index (χ0n) is 14.7. The average Bonchev–Trinajstić information content (AvgIpc) is 2.84. The summed E-state index contributed by atoms with van der Waals surface area (Å²) in [6, 6.07) is 0. The summed E-state index contributed by atoms with van der Waals surface area (Å²) >= 11 is 0. The fourth-order valence-electron chi connectivity index (χ4n) is 6.67. The first-order valence-corrected chi connectivity index (χ1v) is 9.38. The first-order valence-electron chi connectivity index (χ1n) is 9.38. The van der Waals surface area contributed by atoms with Crippen molar-refractivity contribution in [1.82, 2.24) is 0 Å². The maximum atomic E-state index is 13.3. The van der Waals surface area contributed by atoms with Crippen molar-refractivity contribution in [3.8, 4) is 0 Å². The molecule has 0 bridgehead atoms. The normalized spacial score (nSPS) is 49.0. The number of ketones is 1. The number of carbonyl (C=O) groups excluding carboxylic acids is 1. The number of nitrogens with zero attached hydrogens (tertiary/aromatic N) is 1. The number of hydrogen-bond acceptors (Lipinski definition) is 2. The number of hydrogen-bond donors (Lipinski definition) is 1. The Morgan fingerprint density at radius 3 is 2.79 bits per heavy atom. The molecule has 0 aromatic carbocycles. The zero-order valence-corrected chi connectivity index (χ0v) is 14.7. The molecule has 24 heavy (non-hydrogen) atoms. The third-order valence-electron chi connectivity index (χ3n) is 7.85. The van der Waals surface area contributed by atoms with E-state index in [0.717, 1.165) is 38.5 Å². The lowest BCUT2D eigenvalue weighted by atomic mass is 9.47. The van der Waals surface area contributed by atoms with Crippen LogP contribution >= 0.6 is 0 Å². The Morgan fingerprint density at radius 2 is 2.04 bits per heavy atom. The van der Waals surface area contributed by atoms with E-state index in [4.69, 9.17) is 6.57 Å². The number of Topliss-reactive ketones (excluding diaryl/α,β-unsaturated/α-hetero) is 1. The minimum Gasteiger partial charge on any atom is -0.389 e. The second kappa shape index (κ2) is 5.30. The predicted molar refractivity (Wildman–Crippen MR) is 92.8 cm³/mol. The van der Waals surface area contributed by atoms with Gasteiger partial charge in [-0.05, 0) is 61.2 Å². The van der Waals surface area contributed by atoms with Crippen molar-refractivity contribution in [1.29, 1.82) is 0 Å². The lowest BCUT2D eigenvalue weighted by Crippen LogP contribution is -2.54. The van der Waals surface area contributed by atoms with E-state index in [9.17, 15) is 9.90 Å². The highest BCUT2D eigenvalue weighted by atomic mass is 16.3. The van der Waals surface area contributed by atoms with Crippen LogP contribution in [-0.4, -0.2) is 17.0 Å². The SMILES string of the molecule is [C-]#[N+]/C=C1/CC[C@H]2[C@@H]3CCC4=C[C@H](O)CC[C@]4(C)[C@H]3C(=O)C[C@]12C. The van der Waals surface area contributed by atoms with Gasteiger partial charge in [0, 0.05) is 12.3 Å². The quantitative estimate of drug-likeness (QED) is 0.533. The number of allylic oxidation sites excluding steroid dienone is 2. The van der Waals surface area contributed by atoms with Gasteiger partial charge in [-0.15, -0.1) is 0 Å². The van der Waals surface area contributed by atoms with Crippen molar-refractivity contribution in [3.05, 3.63) is 34.8 Å². The van der Waals surface area contributed by atoms with E-state index < -0.39 is 0 Å². The maximum absolute atomic E-state index is 13.3. The Hall–Kier alpha value is -1.40. The fourth-order valence-corrected chi connectivity index (χ4v) is 6.67. The summed E-state index contributed by atoms with van der Waals surface area (Å²) in [4.78, 5) is 16.8. The van der Waals surface area contributed by atoms with Gasteiger partial charge in [0.15, 0.2) is 6.20 Å². The van der Waals surface area contributed by atoms with E-state index in [2.05, 4.69) is 18.7 Å². The van der Waals surface area contributed by atoms with Crippen LogP contribution in [0.5, 0.6) is 0 Å². The monoisotopic (exact) mass is 325 g/mol. The topological polar surface area (TPSA) is 41.7 Å². The smallest absolute Gasteiger partial charge is 0.154 e. The molecule has 0 saturated heterocycles. The molecule has 3 nitrogen and oxygen atoms in total. The van der Waals surface area contributed by atoms with Gasteiger partial charge in [0.05, 0.1) is 12.7 Å². The molecule has 4 rings (SSSR count). The number of carbonyl (C=O) groups is 1. The van der Waals surface area contributed by atoms with Crippen LogP contribution < -0.4 is 0 Å².